The minimum Gasteiger partial charge on any atom is -0.391 e. The quantitative estimate of drug-likeness (QED) is 0.800. The number of nitrogens with zero attached hydrogens (tertiary/aromatic N) is 1. The van der Waals surface area contributed by atoms with Crippen molar-refractivity contribution in [1.29, 1.82) is 0 Å². The van der Waals surface area contributed by atoms with Crippen LogP contribution in [0.3, 0.4) is 0 Å². The summed E-state index contributed by atoms with van der Waals surface area (Å²) in [6.07, 6.45) is 0.0225. The van der Waals surface area contributed by atoms with E-state index in [-0.39, 0.29) is 18.1 Å². The molecule has 2 aromatic carbocycles. The zero-order valence-corrected chi connectivity index (χ0v) is 14.1. The molecule has 0 saturated heterocycles. The summed E-state index contributed by atoms with van der Waals surface area (Å²) in [6, 6.07) is 13.3. The van der Waals surface area contributed by atoms with Gasteiger partial charge in [0.2, 0.25) is 5.91 Å². The van der Waals surface area contributed by atoms with E-state index in [4.69, 9.17) is 11.6 Å². The van der Waals surface area contributed by atoms with Crippen molar-refractivity contribution in [2.24, 2.45) is 0 Å². The van der Waals surface area contributed by atoms with Gasteiger partial charge in [0.1, 0.15) is 5.82 Å². The molecule has 0 aliphatic carbocycles. The Hall–Kier alpha value is -2.11. The number of amides is 1. The van der Waals surface area contributed by atoms with Crippen LogP contribution in [-0.2, 0) is 4.79 Å². The average molecular weight is 351 g/mol. The first-order valence-corrected chi connectivity index (χ1v) is 8.10. The summed E-state index contributed by atoms with van der Waals surface area (Å²) >= 11 is 5.83. The summed E-state index contributed by atoms with van der Waals surface area (Å²) in [5.41, 5.74) is 0.850. The summed E-state index contributed by atoms with van der Waals surface area (Å²) < 4.78 is 13.7. The fraction of sp³-hybridized carbons (Fsp3) is 0.278. The fourth-order valence-corrected chi connectivity index (χ4v) is 2.41. The highest BCUT2D eigenvalue weighted by atomic mass is 35.5. The number of aliphatic hydroxyl groups is 1. The second-order valence-electron chi connectivity index (χ2n) is 5.45. The van der Waals surface area contributed by atoms with Gasteiger partial charge in [0.05, 0.1) is 18.3 Å². The molecular weight excluding hydrogens is 331 g/mol. The minimum atomic E-state index is -0.555. The largest absolute Gasteiger partial charge is 0.391 e. The number of hydrogen-bond donors (Lipinski definition) is 2. The second-order valence-corrected chi connectivity index (χ2v) is 5.89. The second kappa shape index (κ2) is 8.66. The molecule has 2 aromatic rings. The topological polar surface area (TPSA) is 52.6 Å². The van der Waals surface area contributed by atoms with E-state index in [1.165, 1.54) is 18.2 Å². The first-order valence-electron chi connectivity index (χ1n) is 7.72. The lowest BCUT2D eigenvalue weighted by Crippen LogP contribution is -2.38. The van der Waals surface area contributed by atoms with Gasteiger partial charge in [-0.05, 0) is 36.8 Å². The van der Waals surface area contributed by atoms with E-state index in [0.29, 0.717) is 18.0 Å². The van der Waals surface area contributed by atoms with Crippen LogP contribution in [0.25, 0.3) is 0 Å². The Bertz CT molecular complexity index is 682. The van der Waals surface area contributed by atoms with Gasteiger partial charge in [-0.25, -0.2) is 4.39 Å². The molecule has 24 heavy (non-hydrogen) atoms. The lowest BCUT2D eigenvalue weighted by Gasteiger charge is -2.26. The number of carbonyl (C=O) groups is 1. The molecule has 0 bridgehead atoms. The van der Waals surface area contributed by atoms with E-state index in [1.807, 2.05) is 37.3 Å². The van der Waals surface area contributed by atoms with Gasteiger partial charge in [-0.2, -0.15) is 0 Å². The summed E-state index contributed by atoms with van der Waals surface area (Å²) in [7, 11) is 0. The van der Waals surface area contributed by atoms with Crippen LogP contribution in [0.2, 0.25) is 5.02 Å². The van der Waals surface area contributed by atoms with Crippen LogP contribution in [0.5, 0.6) is 0 Å². The molecule has 0 aromatic heterocycles. The SMILES string of the molecule is CCC(O)CN(CC(=O)Nc1cc(Cl)ccc1F)c1ccccc1. The standard InChI is InChI=1S/C18H20ClFN2O2/c1-2-15(23)11-22(14-6-4-3-5-7-14)12-18(24)21-17-10-13(19)8-9-16(17)20/h3-10,15,23H,2,11-12H2,1H3,(H,21,24). The van der Waals surface area contributed by atoms with Crippen molar-refractivity contribution in [1.82, 2.24) is 0 Å². The molecule has 1 unspecified atom stereocenters. The van der Waals surface area contributed by atoms with Crippen molar-refractivity contribution < 1.29 is 14.3 Å². The molecule has 1 atom stereocenters. The van der Waals surface area contributed by atoms with E-state index in [0.717, 1.165) is 5.69 Å². The summed E-state index contributed by atoms with van der Waals surface area (Å²) in [5.74, 6) is -0.934. The first kappa shape index (κ1) is 18.2. The molecule has 0 fully saturated rings. The third kappa shape index (κ3) is 5.22. The molecule has 2 rings (SSSR count). The molecule has 128 valence electrons. The van der Waals surface area contributed by atoms with Gasteiger partial charge in [-0.1, -0.05) is 36.7 Å². The van der Waals surface area contributed by atoms with Gasteiger partial charge < -0.3 is 15.3 Å². The van der Waals surface area contributed by atoms with Crippen molar-refractivity contribution in [2.45, 2.75) is 19.4 Å². The van der Waals surface area contributed by atoms with Crippen molar-refractivity contribution in [3.05, 3.63) is 59.4 Å². The highest BCUT2D eigenvalue weighted by molar-refractivity contribution is 6.30. The molecule has 0 aliphatic rings. The van der Waals surface area contributed by atoms with Crippen LogP contribution in [0.15, 0.2) is 48.5 Å². The van der Waals surface area contributed by atoms with Gasteiger partial charge in [0, 0.05) is 17.3 Å². The lowest BCUT2D eigenvalue weighted by molar-refractivity contribution is -0.115. The summed E-state index contributed by atoms with van der Waals surface area (Å²) in [5, 5.41) is 12.8. The van der Waals surface area contributed by atoms with Crippen LogP contribution < -0.4 is 10.2 Å². The van der Waals surface area contributed by atoms with E-state index in [2.05, 4.69) is 5.32 Å². The van der Waals surface area contributed by atoms with Crippen LogP contribution in [0, 0.1) is 5.82 Å². The Morgan fingerprint density at radius 1 is 1.29 bits per heavy atom. The number of para-hydroxylation sites is 1. The van der Waals surface area contributed by atoms with Gasteiger partial charge in [-0.3, -0.25) is 4.79 Å². The fourth-order valence-electron chi connectivity index (χ4n) is 2.24. The molecule has 0 heterocycles. The summed E-state index contributed by atoms with van der Waals surface area (Å²) in [4.78, 5) is 14.0. The molecule has 0 spiro atoms. The molecule has 4 nitrogen and oxygen atoms in total. The normalized spacial score (nSPS) is 11.8. The number of benzene rings is 2. The Balaban J connectivity index is 2.10. The number of rotatable bonds is 7. The Morgan fingerprint density at radius 2 is 2.00 bits per heavy atom. The first-order chi connectivity index (χ1) is 11.5. The van der Waals surface area contributed by atoms with Gasteiger partial charge in [0.15, 0.2) is 0 Å². The maximum atomic E-state index is 13.7. The maximum Gasteiger partial charge on any atom is 0.243 e. The number of anilines is 2. The highest BCUT2D eigenvalue weighted by Crippen LogP contribution is 2.20. The van der Waals surface area contributed by atoms with E-state index >= 15 is 0 Å². The third-order valence-corrected chi connectivity index (χ3v) is 3.80. The zero-order valence-electron chi connectivity index (χ0n) is 13.4. The van der Waals surface area contributed by atoms with Crippen molar-refractivity contribution in [2.75, 3.05) is 23.3 Å². The maximum absolute atomic E-state index is 13.7. The predicted molar refractivity (Wildman–Crippen MR) is 95.0 cm³/mol. The number of nitrogens with one attached hydrogen (secondary N) is 1. The predicted octanol–water partition coefficient (Wildman–Crippen LogP) is 3.70. The Morgan fingerprint density at radius 3 is 2.67 bits per heavy atom. The van der Waals surface area contributed by atoms with E-state index in [9.17, 15) is 14.3 Å². The number of carbonyl (C=O) groups excluding carboxylic acids is 1. The molecule has 1 amide bonds. The molecule has 0 aliphatic heterocycles. The Kier molecular flexibility index (Phi) is 6.58. The molecular formula is C18H20ClFN2O2. The van der Waals surface area contributed by atoms with Crippen LogP contribution in [0.4, 0.5) is 15.8 Å². The molecule has 2 N–H and O–H groups in total. The average Bonchev–Trinajstić information content (AvgIpc) is 2.58. The van der Waals surface area contributed by atoms with E-state index in [1.54, 1.807) is 4.90 Å². The molecule has 0 saturated carbocycles. The van der Waals surface area contributed by atoms with Gasteiger partial charge >= 0.3 is 0 Å². The van der Waals surface area contributed by atoms with Gasteiger partial charge in [-0.15, -0.1) is 0 Å². The number of halogens is 2. The van der Waals surface area contributed by atoms with Crippen LogP contribution in [0.1, 0.15) is 13.3 Å². The van der Waals surface area contributed by atoms with E-state index < -0.39 is 11.9 Å². The summed E-state index contributed by atoms with van der Waals surface area (Å²) in [6.45, 7) is 2.17. The monoisotopic (exact) mass is 350 g/mol. The third-order valence-electron chi connectivity index (χ3n) is 3.56. The number of hydrogen-bond acceptors (Lipinski definition) is 3. The van der Waals surface area contributed by atoms with Crippen LogP contribution >= 0.6 is 11.6 Å². The smallest absolute Gasteiger partial charge is 0.243 e. The molecule has 6 heteroatoms. The Labute approximate surface area is 145 Å². The highest BCUT2D eigenvalue weighted by Gasteiger charge is 2.16. The lowest BCUT2D eigenvalue weighted by atomic mass is 10.2. The van der Waals surface area contributed by atoms with Crippen LogP contribution in [-0.4, -0.2) is 30.2 Å². The van der Waals surface area contributed by atoms with Crippen molar-refractivity contribution >= 4 is 28.9 Å². The van der Waals surface area contributed by atoms with Crippen molar-refractivity contribution in [3.63, 3.8) is 0 Å². The van der Waals surface area contributed by atoms with Crippen molar-refractivity contribution in [3.8, 4) is 0 Å². The van der Waals surface area contributed by atoms with Gasteiger partial charge in [0.25, 0.3) is 0 Å². The zero-order chi connectivity index (χ0) is 17.5. The minimum absolute atomic E-state index is 0.00692. The number of aliphatic hydroxyl groups excluding tert-OH is 1. The molecule has 0 radical (unpaired) electrons.